The van der Waals surface area contributed by atoms with Gasteiger partial charge in [-0.25, -0.2) is 0 Å². The molecule has 1 aliphatic heterocycles. The number of hydrogen-bond donors (Lipinski definition) is 0. The van der Waals surface area contributed by atoms with Crippen LogP contribution in [0, 0.1) is 10.8 Å². The van der Waals surface area contributed by atoms with Crippen LogP contribution < -0.4 is 0 Å². The maximum absolute atomic E-state index is 12.3. The Bertz CT molecular complexity index is 416. The van der Waals surface area contributed by atoms with Crippen LogP contribution in [0.2, 0.25) is 0 Å². The lowest BCUT2D eigenvalue weighted by Crippen LogP contribution is -2.43. The maximum Gasteiger partial charge on any atom is 0.281 e. The van der Waals surface area contributed by atoms with Crippen molar-refractivity contribution in [1.82, 2.24) is 8.61 Å². The first-order valence-corrected chi connectivity index (χ1v) is 7.65. The van der Waals surface area contributed by atoms with E-state index in [0.29, 0.717) is 6.54 Å². The van der Waals surface area contributed by atoms with Crippen molar-refractivity contribution in [2.75, 3.05) is 20.6 Å². The molecule has 1 heterocycles. The third-order valence-corrected chi connectivity index (χ3v) is 6.07. The highest BCUT2D eigenvalue weighted by molar-refractivity contribution is 7.86. The van der Waals surface area contributed by atoms with Gasteiger partial charge in [-0.2, -0.15) is 17.0 Å². The lowest BCUT2D eigenvalue weighted by atomic mass is 9.65. The minimum Gasteiger partial charge on any atom is -0.195 e. The Labute approximate surface area is 105 Å². The number of nitrogens with zero attached hydrogens (tertiary/aromatic N) is 2. The van der Waals surface area contributed by atoms with E-state index in [0.717, 1.165) is 19.3 Å². The number of fused-ring (bicyclic) bond motifs is 2. The summed E-state index contributed by atoms with van der Waals surface area (Å²) >= 11 is 0. The summed E-state index contributed by atoms with van der Waals surface area (Å²) in [4.78, 5) is 0. The second kappa shape index (κ2) is 3.68. The van der Waals surface area contributed by atoms with E-state index in [9.17, 15) is 8.42 Å². The van der Waals surface area contributed by atoms with Gasteiger partial charge in [0.25, 0.3) is 10.2 Å². The minimum absolute atomic E-state index is 0.162. The normalized spacial score (nSPS) is 37.6. The van der Waals surface area contributed by atoms with Crippen molar-refractivity contribution in [2.24, 2.45) is 10.8 Å². The highest BCUT2D eigenvalue weighted by Crippen LogP contribution is 2.53. The third-order valence-electron chi connectivity index (χ3n) is 4.12. The van der Waals surface area contributed by atoms with Gasteiger partial charge in [-0.15, -0.1) is 0 Å². The van der Waals surface area contributed by atoms with E-state index in [4.69, 9.17) is 0 Å². The molecule has 0 N–H and O–H groups in total. The summed E-state index contributed by atoms with van der Waals surface area (Å²) in [6.45, 7) is 7.42. The van der Waals surface area contributed by atoms with Crippen molar-refractivity contribution in [3.05, 3.63) is 0 Å². The Morgan fingerprint density at radius 1 is 1.18 bits per heavy atom. The summed E-state index contributed by atoms with van der Waals surface area (Å²) in [5.74, 6) is 0. The fraction of sp³-hybridized carbons (Fsp3) is 1.00. The maximum atomic E-state index is 12.3. The first kappa shape index (κ1) is 13.3. The molecular weight excluding hydrogens is 236 g/mol. The summed E-state index contributed by atoms with van der Waals surface area (Å²) < 4.78 is 27.6. The van der Waals surface area contributed by atoms with Crippen molar-refractivity contribution in [3.63, 3.8) is 0 Å². The van der Waals surface area contributed by atoms with Gasteiger partial charge in [0.05, 0.1) is 0 Å². The van der Waals surface area contributed by atoms with Crippen molar-refractivity contribution >= 4 is 10.2 Å². The average Bonchev–Trinajstić information content (AvgIpc) is 2.34. The van der Waals surface area contributed by atoms with Crippen LogP contribution in [0.4, 0.5) is 0 Å². The monoisotopic (exact) mass is 260 g/mol. The topological polar surface area (TPSA) is 40.6 Å². The van der Waals surface area contributed by atoms with Crippen LogP contribution in [0.3, 0.4) is 0 Å². The SMILES string of the molecule is CN(C)S(=O)(=O)N1C[C@@]2(C)C[C@H]1CC(C)(C)C2. The summed E-state index contributed by atoms with van der Waals surface area (Å²) in [5.41, 5.74) is 0.420. The molecule has 2 aliphatic rings. The van der Waals surface area contributed by atoms with Crippen molar-refractivity contribution in [3.8, 4) is 0 Å². The van der Waals surface area contributed by atoms with Gasteiger partial charge in [-0.3, -0.25) is 0 Å². The van der Waals surface area contributed by atoms with Crippen molar-refractivity contribution in [1.29, 1.82) is 0 Å². The fourth-order valence-electron chi connectivity index (χ4n) is 3.89. The van der Waals surface area contributed by atoms with Gasteiger partial charge in [0.1, 0.15) is 0 Å². The molecule has 0 unspecified atom stereocenters. The lowest BCUT2D eigenvalue weighted by molar-refractivity contribution is 0.133. The van der Waals surface area contributed by atoms with Gasteiger partial charge in [0.2, 0.25) is 0 Å². The van der Waals surface area contributed by atoms with Gasteiger partial charge < -0.3 is 0 Å². The van der Waals surface area contributed by atoms with Gasteiger partial charge in [-0.05, 0) is 30.1 Å². The zero-order chi connectivity index (χ0) is 13.1. The molecule has 0 radical (unpaired) electrons. The molecule has 100 valence electrons. The van der Waals surface area contributed by atoms with E-state index in [1.54, 1.807) is 18.4 Å². The largest absolute Gasteiger partial charge is 0.281 e. The molecule has 17 heavy (non-hydrogen) atoms. The third kappa shape index (κ3) is 2.25. The second-order valence-electron chi connectivity index (χ2n) is 7.05. The molecule has 2 atom stereocenters. The Balaban J connectivity index is 2.31. The summed E-state index contributed by atoms with van der Waals surface area (Å²) in [7, 11) is -0.0201. The highest BCUT2D eigenvalue weighted by Gasteiger charge is 2.53. The Morgan fingerprint density at radius 3 is 2.29 bits per heavy atom. The van der Waals surface area contributed by atoms with Crippen molar-refractivity contribution < 1.29 is 8.42 Å². The molecule has 0 aromatic rings. The van der Waals surface area contributed by atoms with Crippen molar-refractivity contribution in [2.45, 2.75) is 46.1 Å². The lowest BCUT2D eigenvalue weighted by Gasteiger charge is -2.39. The summed E-state index contributed by atoms with van der Waals surface area (Å²) in [6.07, 6.45) is 3.12. The fourth-order valence-corrected chi connectivity index (χ4v) is 5.31. The van der Waals surface area contributed by atoms with E-state index < -0.39 is 10.2 Å². The van der Waals surface area contributed by atoms with Crippen LogP contribution in [-0.4, -0.2) is 43.7 Å². The van der Waals surface area contributed by atoms with Gasteiger partial charge in [-0.1, -0.05) is 20.8 Å². The van der Waals surface area contributed by atoms with Crippen LogP contribution >= 0.6 is 0 Å². The molecular formula is C12H24N2O2S. The molecule has 2 rings (SSSR count). The Hall–Kier alpha value is -0.130. The average molecular weight is 260 g/mol. The molecule has 0 amide bonds. The molecule has 4 nitrogen and oxygen atoms in total. The Morgan fingerprint density at radius 2 is 1.76 bits per heavy atom. The zero-order valence-corrected chi connectivity index (χ0v) is 12.3. The molecule has 1 saturated carbocycles. The molecule has 2 bridgehead atoms. The van der Waals surface area contributed by atoms with Crippen LogP contribution in [0.25, 0.3) is 0 Å². The highest BCUT2D eigenvalue weighted by atomic mass is 32.2. The molecule has 0 spiro atoms. The summed E-state index contributed by atoms with van der Waals surface area (Å²) in [6, 6.07) is 0.191. The van der Waals surface area contributed by atoms with Crippen LogP contribution in [0.5, 0.6) is 0 Å². The zero-order valence-electron chi connectivity index (χ0n) is 11.5. The standard InChI is InChI=1S/C12H24N2O2S/c1-11(2)6-10-7-12(3,8-11)9-14(10)17(15,16)13(4)5/h10H,6-9H2,1-5H3/t10-,12+/m1/s1. The number of rotatable bonds is 2. The van der Waals surface area contributed by atoms with E-state index in [1.807, 2.05) is 0 Å². The van der Waals surface area contributed by atoms with Crippen LogP contribution in [0.15, 0.2) is 0 Å². The van der Waals surface area contributed by atoms with Gasteiger partial charge in [0.15, 0.2) is 0 Å². The molecule has 1 aliphatic carbocycles. The van der Waals surface area contributed by atoms with Gasteiger partial charge in [0, 0.05) is 26.7 Å². The number of hydrogen-bond acceptors (Lipinski definition) is 2. The molecule has 0 aromatic carbocycles. The van der Waals surface area contributed by atoms with Crippen LogP contribution in [0.1, 0.15) is 40.0 Å². The first-order chi connectivity index (χ1) is 7.56. The Kier molecular flexibility index (Phi) is 2.88. The predicted molar refractivity (Wildman–Crippen MR) is 68.8 cm³/mol. The minimum atomic E-state index is -3.25. The summed E-state index contributed by atoms with van der Waals surface area (Å²) in [5, 5.41) is 0. The smallest absolute Gasteiger partial charge is 0.195 e. The molecule has 2 fully saturated rings. The van der Waals surface area contributed by atoms with Crippen LogP contribution in [-0.2, 0) is 10.2 Å². The van der Waals surface area contributed by atoms with E-state index in [1.165, 1.54) is 4.31 Å². The van der Waals surface area contributed by atoms with E-state index in [2.05, 4.69) is 20.8 Å². The predicted octanol–water partition coefficient (Wildman–Crippen LogP) is 1.69. The molecule has 5 heteroatoms. The quantitative estimate of drug-likeness (QED) is 0.758. The van der Waals surface area contributed by atoms with Gasteiger partial charge >= 0.3 is 0 Å². The van der Waals surface area contributed by atoms with E-state index in [-0.39, 0.29) is 16.9 Å². The second-order valence-corrected chi connectivity index (χ2v) is 9.14. The van der Waals surface area contributed by atoms with E-state index >= 15 is 0 Å². The first-order valence-electron chi connectivity index (χ1n) is 6.25. The molecule has 1 saturated heterocycles. The molecule has 0 aromatic heterocycles.